The minimum Gasteiger partial charge on any atom is -0.396 e. The Kier molecular flexibility index (Phi) is 4.79. The molecule has 4 rings (SSSR count). The van der Waals surface area contributed by atoms with Gasteiger partial charge in [-0.05, 0) is 18.1 Å². The summed E-state index contributed by atoms with van der Waals surface area (Å²) in [6.45, 7) is 0.598. The fraction of sp³-hybridized carbons (Fsp3) is 0.150. The largest absolute Gasteiger partial charge is 0.417 e. The average molecular weight is 398 g/mol. The fourth-order valence-corrected chi connectivity index (χ4v) is 3.01. The number of rotatable bonds is 5. The number of halogens is 3. The lowest BCUT2D eigenvalue weighted by molar-refractivity contribution is -0.137. The van der Waals surface area contributed by atoms with Crippen LogP contribution in [0.4, 0.5) is 24.8 Å². The third kappa shape index (κ3) is 3.98. The van der Waals surface area contributed by atoms with E-state index in [9.17, 15) is 13.2 Å². The zero-order valence-electron chi connectivity index (χ0n) is 15.2. The molecular weight excluding hydrogens is 381 g/mol. The van der Waals surface area contributed by atoms with Crippen LogP contribution < -0.4 is 11.1 Å². The lowest BCUT2D eigenvalue weighted by Crippen LogP contribution is -2.09. The predicted molar refractivity (Wildman–Crippen MR) is 105 cm³/mol. The molecule has 0 unspecified atom stereocenters. The van der Waals surface area contributed by atoms with E-state index in [0.29, 0.717) is 34.8 Å². The number of benzene rings is 1. The van der Waals surface area contributed by atoms with Gasteiger partial charge in [-0.25, -0.2) is 15.0 Å². The molecule has 0 bridgehead atoms. The Labute approximate surface area is 164 Å². The van der Waals surface area contributed by atoms with Crippen LogP contribution in [-0.2, 0) is 12.6 Å². The van der Waals surface area contributed by atoms with Crippen LogP contribution >= 0.6 is 0 Å². The van der Waals surface area contributed by atoms with Gasteiger partial charge in [0, 0.05) is 29.9 Å². The van der Waals surface area contributed by atoms with Crippen LogP contribution in [0.1, 0.15) is 11.1 Å². The molecule has 0 atom stereocenters. The van der Waals surface area contributed by atoms with Gasteiger partial charge >= 0.3 is 6.18 Å². The highest BCUT2D eigenvalue weighted by molar-refractivity contribution is 5.95. The summed E-state index contributed by atoms with van der Waals surface area (Å²) < 4.78 is 39.2. The molecule has 9 heteroatoms. The lowest BCUT2D eigenvalue weighted by atomic mass is 10.1. The molecule has 3 heterocycles. The summed E-state index contributed by atoms with van der Waals surface area (Å²) >= 11 is 0. The van der Waals surface area contributed by atoms with Gasteiger partial charge in [-0.1, -0.05) is 30.3 Å². The minimum absolute atomic E-state index is 0.261. The van der Waals surface area contributed by atoms with E-state index in [1.165, 1.54) is 6.20 Å². The lowest BCUT2D eigenvalue weighted by Gasteiger charge is -2.09. The van der Waals surface area contributed by atoms with Crippen molar-refractivity contribution in [2.75, 3.05) is 17.6 Å². The molecule has 0 saturated carbocycles. The van der Waals surface area contributed by atoms with E-state index in [4.69, 9.17) is 5.73 Å². The zero-order chi connectivity index (χ0) is 20.4. The first-order chi connectivity index (χ1) is 13.9. The van der Waals surface area contributed by atoms with Gasteiger partial charge in [0.05, 0.1) is 17.4 Å². The topological polar surface area (TPSA) is 92.5 Å². The number of nitrogens with two attached hydrogens (primary N) is 1. The maximum absolute atomic E-state index is 13.1. The normalized spacial score (nSPS) is 11.7. The second-order valence-corrected chi connectivity index (χ2v) is 6.48. The molecule has 0 aliphatic heterocycles. The number of anilines is 2. The molecule has 0 aliphatic carbocycles. The van der Waals surface area contributed by atoms with Crippen LogP contribution in [0, 0.1) is 0 Å². The van der Waals surface area contributed by atoms with Crippen LogP contribution in [0.2, 0.25) is 0 Å². The molecule has 4 N–H and O–H groups in total. The second-order valence-electron chi connectivity index (χ2n) is 6.48. The van der Waals surface area contributed by atoms with Crippen LogP contribution in [0.25, 0.3) is 22.3 Å². The van der Waals surface area contributed by atoms with Gasteiger partial charge in [0.15, 0.2) is 0 Å². The molecule has 29 heavy (non-hydrogen) atoms. The van der Waals surface area contributed by atoms with Crippen molar-refractivity contribution in [3.05, 3.63) is 66.1 Å². The molecule has 1 aromatic carbocycles. The molecule has 6 nitrogen and oxygen atoms in total. The number of alkyl halides is 3. The molecule has 0 amide bonds. The summed E-state index contributed by atoms with van der Waals surface area (Å²) in [7, 11) is 0. The van der Waals surface area contributed by atoms with Gasteiger partial charge in [0.1, 0.15) is 11.3 Å². The second kappa shape index (κ2) is 7.42. The van der Waals surface area contributed by atoms with Gasteiger partial charge in [0.25, 0.3) is 0 Å². The van der Waals surface area contributed by atoms with E-state index in [-0.39, 0.29) is 5.69 Å². The molecule has 0 fully saturated rings. The number of nitrogen functional groups attached to an aromatic ring is 1. The Balaban J connectivity index is 1.62. The van der Waals surface area contributed by atoms with Crippen molar-refractivity contribution in [2.24, 2.45) is 0 Å². The van der Waals surface area contributed by atoms with Crippen molar-refractivity contribution in [2.45, 2.75) is 12.6 Å². The van der Waals surface area contributed by atoms with Crippen LogP contribution in [-0.4, -0.2) is 26.5 Å². The number of pyridine rings is 1. The third-order valence-electron chi connectivity index (χ3n) is 4.47. The maximum Gasteiger partial charge on any atom is 0.417 e. The quantitative estimate of drug-likeness (QED) is 0.467. The molecule has 0 saturated heterocycles. The standard InChI is InChI=1S/C20H17F3N6/c21-20(22,23)13-8-14-15(10-27-18(14)26-9-13)17-16(24)11-28-19(29-17)25-7-6-12-4-2-1-3-5-12/h1-5,8-11H,6-7,24H2,(H,26,27)(H,25,28,29). The molecule has 0 spiro atoms. The summed E-state index contributed by atoms with van der Waals surface area (Å²) in [5.74, 6) is 0.347. The SMILES string of the molecule is Nc1cnc(NCCc2ccccc2)nc1-c1c[nH]c2ncc(C(F)(F)F)cc12. The first-order valence-electron chi connectivity index (χ1n) is 8.87. The van der Waals surface area contributed by atoms with Crippen molar-refractivity contribution < 1.29 is 13.2 Å². The summed E-state index contributed by atoms with van der Waals surface area (Å²) in [4.78, 5) is 15.3. The molecule has 0 aliphatic rings. The van der Waals surface area contributed by atoms with Gasteiger partial charge in [-0.2, -0.15) is 13.2 Å². The van der Waals surface area contributed by atoms with Gasteiger partial charge in [0.2, 0.25) is 5.95 Å². The van der Waals surface area contributed by atoms with Crippen molar-refractivity contribution in [3.63, 3.8) is 0 Å². The fourth-order valence-electron chi connectivity index (χ4n) is 3.01. The zero-order valence-corrected chi connectivity index (χ0v) is 15.2. The number of aromatic amines is 1. The minimum atomic E-state index is -4.49. The molecule has 0 radical (unpaired) electrons. The smallest absolute Gasteiger partial charge is 0.396 e. The summed E-state index contributed by atoms with van der Waals surface area (Å²) in [5, 5.41) is 3.41. The first kappa shape index (κ1) is 18.7. The Morgan fingerprint density at radius 3 is 2.62 bits per heavy atom. The van der Waals surface area contributed by atoms with Crippen LogP contribution in [0.15, 0.2) is 55.0 Å². The van der Waals surface area contributed by atoms with Crippen molar-refractivity contribution >= 4 is 22.7 Å². The van der Waals surface area contributed by atoms with Gasteiger partial charge < -0.3 is 16.0 Å². The monoisotopic (exact) mass is 398 g/mol. The predicted octanol–water partition coefficient (Wildman–Crippen LogP) is 4.28. The van der Waals surface area contributed by atoms with Crippen LogP contribution in [0.3, 0.4) is 0 Å². The summed E-state index contributed by atoms with van der Waals surface area (Å²) in [6, 6.07) is 11.0. The first-order valence-corrected chi connectivity index (χ1v) is 8.87. The number of fused-ring (bicyclic) bond motifs is 1. The number of aromatic nitrogens is 4. The number of nitrogens with zero attached hydrogens (tertiary/aromatic N) is 3. The number of hydrogen-bond acceptors (Lipinski definition) is 5. The number of nitrogens with one attached hydrogen (secondary N) is 2. The Bertz CT molecular complexity index is 1140. The Morgan fingerprint density at radius 2 is 1.86 bits per heavy atom. The van der Waals surface area contributed by atoms with E-state index in [1.54, 1.807) is 6.20 Å². The van der Waals surface area contributed by atoms with Gasteiger partial charge in [-0.3, -0.25) is 0 Å². The van der Waals surface area contributed by atoms with Crippen molar-refractivity contribution in [1.82, 2.24) is 19.9 Å². The van der Waals surface area contributed by atoms with E-state index in [1.807, 2.05) is 30.3 Å². The average Bonchev–Trinajstić information content (AvgIpc) is 3.12. The number of H-pyrrole nitrogens is 1. The molecule has 3 aromatic heterocycles. The number of hydrogen-bond donors (Lipinski definition) is 3. The summed E-state index contributed by atoms with van der Waals surface area (Å²) in [6.07, 6.45) is 0.0623. The van der Waals surface area contributed by atoms with E-state index in [0.717, 1.165) is 24.2 Å². The maximum atomic E-state index is 13.1. The highest BCUT2D eigenvalue weighted by Crippen LogP contribution is 2.35. The van der Waals surface area contributed by atoms with E-state index >= 15 is 0 Å². The highest BCUT2D eigenvalue weighted by atomic mass is 19.4. The van der Waals surface area contributed by atoms with Crippen LogP contribution in [0.5, 0.6) is 0 Å². The van der Waals surface area contributed by atoms with Gasteiger partial charge in [-0.15, -0.1) is 0 Å². The van der Waals surface area contributed by atoms with Crippen molar-refractivity contribution in [3.8, 4) is 11.3 Å². The molecular formula is C20H17F3N6. The highest BCUT2D eigenvalue weighted by Gasteiger charge is 2.31. The van der Waals surface area contributed by atoms with Crippen molar-refractivity contribution in [1.29, 1.82) is 0 Å². The molecule has 148 valence electrons. The van der Waals surface area contributed by atoms with E-state index in [2.05, 4.69) is 25.3 Å². The Hall–Kier alpha value is -3.62. The Morgan fingerprint density at radius 1 is 1.07 bits per heavy atom. The van der Waals surface area contributed by atoms with E-state index < -0.39 is 11.7 Å². The summed E-state index contributed by atoms with van der Waals surface area (Å²) in [5.41, 5.74) is 7.70. The third-order valence-corrected chi connectivity index (χ3v) is 4.47. The molecule has 4 aromatic rings.